The van der Waals surface area contributed by atoms with Gasteiger partial charge in [0.1, 0.15) is 11.6 Å². The van der Waals surface area contributed by atoms with E-state index in [0.29, 0.717) is 16.8 Å². The molecule has 0 unspecified atom stereocenters. The van der Waals surface area contributed by atoms with Crippen molar-refractivity contribution in [3.63, 3.8) is 0 Å². The Morgan fingerprint density at radius 1 is 1.09 bits per heavy atom. The van der Waals surface area contributed by atoms with E-state index in [1.54, 1.807) is 25.1 Å². The van der Waals surface area contributed by atoms with Crippen molar-refractivity contribution in [1.29, 1.82) is 5.26 Å². The lowest BCUT2D eigenvalue weighted by molar-refractivity contribution is 0.0696. The van der Waals surface area contributed by atoms with Crippen LogP contribution in [0.3, 0.4) is 0 Å². The van der Waals surface area contributed by atoms with E-state index < -0.39 is 5.97 Å². The number of nitrogens with zero attached hydrogens (tertiary/aromatic N) is 1. The number of fused-ring (bicyclic) bond motifs is 1. The molecular formula is C25H18N2O5. The summed E-state index contributed by atoms with van der Waals surface area (Å²) in [4.78, 5) is 28.5. The molecule has 0 amide bonds. The topological polar surface area (TPSA) is 105 Å². The number of nitriles is 1. The van der Waals surface area contributed by atoms with Gasteiger partial charge < -0.3 is 18.9 Å². The summed E-state index contributed by atoms with van der Waals surface area (Å²) in [5.74, 6) is -0.536. The number of aromatic amines is 1. The first kappa shape index (κ1) is 20.7. The van der Waals surface area contributed by atoms with Crippen LogP contribution in [0.15, 0.2) is 70.9 Å². The number of benzene rings is 2. The van der Waals surface area contributed by atoms with Crippen molar-refractivity contribution in [2.24, 2.45) is 0 Å². The Kier molecular flexibility index (Phi) is 5.60. The maximum absolute atomic E-state index is 13.2. The molecule has 2 heterocycles. The minimum absolute atomic E-state index is 0.0276. The molecule has 0 bridgehead atoms. The van der Waals surface area contributed by atoms with Gasteiger partial charge in [0.15, 0.2) is 11.5 Å². The van der Waals surface area contributed by atoms with Crippen molar-refractivity contribution in [3.05, 3.63) is 89.0 Å². The molecule has 0 saturated carbocycles. The molecule has 0 aliphatic rings. The van der Waals surface area contributed by atoms with Crippen LogP contribution in [-0.4, -0.2) is 23.8 Å². The summed E-state index contributed by atoms with van der Waals surface area (Å²) in [6.45, 7) is 1.80. The number of esters is 1. The van der Waals surface area contributed by atoms with Crippen molar-refractivity contribution in [1.82, 2.24) is 4.98 Å². The highest BCUT2D eigenvalue weighted by Gasteiger charge is 2.20. The molecule has 0 spiro atoms. The normalized spacial score (nSPS) is 11.2. The lowest BCUT2D eigenvalue weighted by atomic mass is 9.99. The first-order chi connectivity index (χ1) is 15.5. The molecular weight excluding hydrogens is 408 g/mol. The fraction of sp³-hybridized carbons (Fsp3) is 0.0800. The van der Waals surface area contributed by atoms with Crippen molar-refractivity contribution >= 4 is 28.7 Å². The van der Waals surface area contributed by atoms with Crippen LogP contribution in [0.2, 0.25) is 0 Å². The van der Waals surface area contributed by atoms with Gasteiger partial charge in [0.25, 0.3) is 0 Å². The molecule has 0 aliphatic carbocycles. The SMILES string of the molecule is COc1cc(/C=C(\C#N)C(=O)c2c(C)[nH]c3ccccc23)ccc1OC(=O)c1ccco1. The zero-order chi connectivity index (χ0) is 22.7. The van der Waals surface area contributed by atoms with Gasteiger partial charge in [-0.2, -0.15) is 5.26 Å². The molecule has 2 aromatic carbocycles. The third-order valence-electron chi connectivity index (χ3n) is 4.91. The van der Waals surface area contributed by atoms with Crippen LogP contribution in [0.4, 0.5) is 0 Å². The number of H-pyrrole nitrogens is 1. The molecule has 0 aliphatic heterocycles. The van der Waals surface area contributed by atoms with Gasteiger partial charge >= 0.3 is 5.97 Å². The zero-order valence-corrected chi connectivity index (χ0v) is 17.3. The van der Waals surface area contributed by atoms with Gasteiger partial charge in [0, 0.05) is 16.6 Å². The van der Waals surface area contributed by atoms with Crippen LogP contribution in [0.1, 0.15) is 32.2 Å². The number of hydrogen-bond donors (Lipinski definition) is 1. The number of ketones is 1. The average Bonchev–Trinajstić information content (AvgIpc) is 3.45. The Hall–Kier alpha value is -4.57. The van der Waals surface area contributed by atoms with E-state index in [1.807, 2.05) is 30.3 Å². The van der Waals surface area contributed by atoms with Crippen LogP contribution >= 0.6 is 0 Å². The number of allylic oxidation sites excluding steroid dienone is 1. The molecule has 158 valence electrons. The smallest absolute Gasteiger partial charge is 0.379 e. The second-order valence-corrected chi connectivity index (χ2v) is 6.95. The molecule has 32 heavy (non-hydrogen) atoms. The van der Waals surface area contributed by atoms with Crippen LogP contribution in [0.5, 0.6) is 11.5 Å². The quantitative estimate of drug-likeness (QED) is 0.151. The second kappa shape index (κ2) is 8.66. The average molecular weight is 426 g/mol. The molecule has 0 radical (unpaired) electrons. The Labute approximate surface area is 183 Å². The molecule has 7 nitrogen and oxygen atoms in total. The number of methoxy groups -OCH3 is 1. The Morgan fingerprint density at radius 3 is 2.62 bits per heavy atom. The maximum Gasteiger partial charge on any atom is 0.379 e. The summed E-state index contributed by atoms with van der Waals surface area (Å²) in [6.07, 6.45) is 2.85. The van der Waals surface area contributed by atoms with E-state index in [1.165, 1.54) is 31.6 Å². The highest BCUT2D eigenvalue weighted by atomic mass is 16.6. The summed E-state index contributed by atoms with van der Waals surface area (Å²) < 4.78 is 15.7. The lowest BCUT2D eigenvalue weighted by Gasteiger charge is -2.09. The molecule has 4 rings (SSSR count). The number of ether oxygens (including phenoxy) is 2. The van der Waals surface area contributed by atoms with Gasteiger partial charge in [-0.3, -0.25) is 4.79 Å². The number of hydrogen-bond acceptors (Lipinski definition) is 6. The van der Waals surface area contributed by atoms with Crippen molar-refractivity contribution < 1.29 is 23.5 Å². The van der Waals surface area contributed by atoms with Crippen molar-refractivity contribution in [2.45, 2.75) is 6.92 Å². The van der Waals surface area contributed by atoms with E-state index >= 15 is 0 Å². The fourth-order valence-electron chi connectivity index (χ4n) is 3.42. The largest absolute Gasteiger partial charge is 0.493 e. The molecule has 2 aromatic heterocycles. The lowest BCUT2D eigenvalue weighted by Crippen LogP contribution is -2.08. The molecule has 0 atom stereocenters. The molecule has 4 aromatic rings. The van der Waals surface area contributed by atoms with Gasteiger partial charge in [0.05, 0.1) is 18.9 Å². The van der Waals surface area contributed by atoms with Gasteiger partial charge in [-0.1, -0.05) is 24.3 Å². The number of aryl methyl sites for hydroxylation is 1. The summed E-state index contributed by atoms with van der Waals surface area (Å²) >= 11 is 0. The minimum atomic E-state index is -0.667. The molecule has 0 fully saturated rings. The van der Waals surface area contributed by atoms with Crippen LogP contribution in [-0.2, 0) is 0 Å². The summed E-state index contributed by atoms with van der Waals surface area (Å²) in [5, 5.41) is 10.4. The monoisotopic (exact) mass is 426 g/mol. The third-order valence-corrected chi connectivity index (χ3v) is 4.91. The van der Waals surface area contributed by atoms with E-state index in [-0.39, 0.29) is 28.6 Å². The highest BCUT2D eigenvalue weighted by Crippen LogP contribution is 2.31. The number of Topliss-reactive ketones (excluding diaryl/α,β-unsaturated/α-hetero) is 1. The number of carbonyl (C=O) groups is 2. The van der Waals surface area contributed by atoms with Crippen LogP contribution in [0, 0.1) is 18.3 Å². The summed E-state index contributed by atoms with van der Waals surface area (Å²) in [5.41, 5.74) is 2.50. The van der Waals surface area contributed by atoms with Gasteiger partial charge in [-0.15, -0.1) is 0 Å². The Bertz CT molecular complexity index is 1390. The van der Waals surface area contributed by atoms with Crippen LogP contribution < -0.4 is 9.47 Å². The number of rotatable bonds is 6. The number of carbonyl (C=O) groups excluding carboxylic acids is 2. The standard InChI is InChI=1S/C25H18N2O5/c1-15-23(18-6-3-4-7-19(18)27-15)24(28)17(14-26)12-16-9-10-20(22(13-16)30-2)32-25(29)21-8-5-11-31-21/h3-13,27H,1-2H3/b17-12+. The van der Waals surface area contributed by atoms with Crippen molar-refractivity contribution in [3.8, 4) is 17.6 Å². The van der Waals surface area contributed by atoms with E-state index in [9.17, 15) is 14.9 Å². The Balaban J connectivity index is 1.65. The summed E-state index contributed by atoms with van der Waals surface area (Å²) in [7, 11) is 1.43. The van der Waals surface area contributed by atoms with E-state index in [2.05, 4.69) is 4.98 Å². The van der Waals surface area contributed by atoms with E-state index in [4.69, 9.17) is 13.9 Å². The Morgan fingerprint density at radius 2 is 1.91 bits per heavy atom. The number of aromatic nitrogens is 1. The third kappa shape index (κ3) is 3.89. The van der Waals surface area contributed by atoms with E-state index in [0.717, 1.165) is 10.9 Å². The van der Waals surface area contributed by atoms with Gasteiger partial charge in [-0.25, -0.2) is 4.79 Å². The predicted octanol–water partition coefficient (Wildman–Crippen LogP) is 5.09. The summed E-state index contributed by atoms with van der Waals surface area (Å²) in [6, 6.07) is 17.2. The first-order valence-corrected chi connectivity index (χ1v) is 9.69. The second-order valence-electron chi connectivity index (χ2n) is 6.95. The molecule has 0 saturated heterocycles. The minimum Gasteiger partial charge on any atom is -0.493 e. The van der Waals surface area contributed by atoms with Crippen molar-refractivity contribution in [2.75, 3.05) is 7.11 Å². The first-order valence-electron chi connectivity index (χ1n) is 9.69. The molecule has 1 N–H and O–H groups in total. The number of furan rings is 1. The van der Waals surface area contributed by atoms with Gasteiger partial charge in [0.2, 0.25) is 11.5 Å². The predicted molar refractivity (Wildman–Crippen MR) is 118 cm³/mol. The fourth-order valence-corrected chi connectivity index (χ4v) is 3.42. The highest BCUT2D eigenvalue weighted by molar-refractivity contribution is 6.20. The number of para-hydroxylation sites is 1. The number of nitrogens with one attached hydrogen (secondary N) is 1. The van der Waals surface area contributed by atoms with Crippen LogP contribution in [0.25, 0.3) is 17.0 Å². The van der Waals surface area contributed by atoms with Gasteiger partial charge in [-0.05, 0) is 48.9 Å². The molecule has 7 heteroatoms. The maximum atomic E-state index is 13.2. The zero-order valence-electron chi connectivity index (χ0n) is 17.3.